The molecule has 1 aromatic heterocycles. The largest absolute Gasteiger partial charge is 0.383 e. The van der Waals surface area contributed by atoms with Crippen LogP contribution in [0.2, 0.25) is 0 Å². The Bertz CT molecular complexity index is 363. The summed E-state index contributed by atoms with van der Waals surface area (Å²) in [7, 11) is 3.79. The van der Waals surface area contributed by atoms with Crippen molar-refractivity contribution in [3.63, 3.8) is 0 Å². The molecule has 0 aromatic carbocycles. The van der Waals surface area contributed by atoms with E-state index in [0.29, 0.717) is 12.1 Å². The lowest BCUT2D eigenvalue weighted by atomic mass is 10.3. The molecule has 1 N–H and O–H groups in total. The molecule has 1 heterocycles. The summed E-state index contributed by atoms with van der Waals surface area (Å²) < 4.78 is 10.5. The molecule has 102 valence electrons. The molecule has 1 atom stereocenters. The predicted octanol–water partition coefficient (Wildman–Crippen LogP) is 1.39. The van der Waals surface area contributed by atoms with Crippen LogP contribution in [-0.2, 0) is 17.8 Å². The van der Waals surface area contributed by atoms with Crippen molar-refractivity contribution in [1.29, 1.82) is 0 Å². The van der Waals surface area contributed by atoms with Crippen molar-refractivity contribution in [2.45, 2.75) is 44.9 Å². The third-order valence-corrected chi connectivity index (χ3v) is 3.32. The maximum Gasteiger partial charge on any atom is 0.151 e. The van der Waals surface area contributed by atoms with Crippen molar-refractivity contribution in [3.05, 3.63) is 17.5 Å². The van der Waals surface area contributed by atoms with Gasteiger partial charge in [0.1, 0.15) is 0 Å². The maximum absolute atomic E-state index is 5.34. The molecule has 1 unspecified atom stereocenters. The van der Waals surface area contributed by atoms with E-state index in [1.807, 2.05) is 6.07 Å². The van der Waals surface area contributed by atoms with E-state index in [1.54, 1.807) is 7.11 Å². The van der Waals surface area contributed by atoms with Gasteiger partial charge in [-0.05, 0) is 26.8 Å². The van der Waals surface area contributed by atoms with E-state index in [1.165, 1.54) is 12.8 Å². The van der Waals surface area contributed by atoms with Gasteiger partial charge in [-0.1, -0.05) is 5.16 Å². The molecule has 1 aliphatic carbocycles. The fraction of sp³-hybridized carbons (Fsp3) is 0.769. The van der Waals surface area contributed by atoms with Crippen LogP contribution in [0, 0.1) is 0 Å². The summed E-state index contributed by atoms with van der Waals surface area (Å²) in [4.78, 5) is 2.20. The van der Waals surface area contributed by atoms with Gasteiger partial charge in [-0.25, -0.2) is 0 Å². The molecule has 1 fully saturated rings. The highest BCUT2D eigenvalue weighted by molar-refractivity contribution is 5.05. The van der Waals surface area contributed by atoms with Crippen LogP contribution in [0.15, 0.2) is 10.6 Å². The number of nitrogens with one attached hydrogen (secondary N) is 1. The number of likely N-dealkylation sites (N-methyl/N-ethyl adjacent to an activating group) is 1. The minimum Gasteiger partial charge on any atom is -0.383 e. The second kappa shape index (κ2) is 6.31. The zero-order chi connectivity index (χ0) is 13.0. The number of methoxy groups -OCH3 is 1. The van der Waals surface area contributed by atoms with Crippen LogP contribution in [0.1, 0.15) is 31.2 Å². The minimum atomic E-state index is 0.369. The molecule has 0 bridgehead atoms. The molecule has 5 nitrogen and oxygen atoms in total. The smallest absolute Gasteiger partial charge is 0.151 e. The summed E-state index contributed by atoms with van der Waals surface area (Å²) in [5.41, 5.74) is 0.990. The molecule has 1 saturated carbocycles. The Morgan fingerprint density at radius 3 is 3.06 bits per heavy atom. The molecule has 1 aliphatic rings. The van der Waals surface area contributed by atoms with Crippen molar-refractivity contribution in [2.75, 3.05) is 20.8 Å². The van der Waals surface area contributed by atoms with Gasteiger partial charge in [0.2, 0.25) is 0 Å². The molecule has 1 aromatic rings. The number of nitrogens with zero attached hydrogens (tertiary/aromatic N) is 2. The first-order chi connectivity index (χ1) is 8.69. The van der Waals surface area contributed by atoms with Crippen molar-refractivity contribution in [2.24, 2.45) is 0 Å². The maximum atomic E-state index is 5.34. The number of rotatable bonds is 8. The SMILES string of the molecule is COCC(C)N(C)Cc1cc(CNC2CC2)no1. The second-order valence-corrected chi connectivity index (χ2v) is 5.16. The molecule has 0 saturated heterocycles. The van der Waals surface area contributed by atoms with Crippen molar-refractivity contribution in [3.8, 4) is 0 Å². The Balaban J connectivity index is 1.77. The van der Waals surface area contributed by atoms with E-state index < -0.39 is 0 Å². The third kappa shape index (κ3) is 4.08. The van der Waals surface area contributed by atoms with E-state index in [-0.39, 0.29) is 0 Å². The average molecular weight is 253 g/mol. The van der Waals surface area contributed by atoms with Gasteiger partial charge in [0, 0.05) is 31.8 Å². The van der Waals surface area contributed by atoms with Gasteiger partial charge in [-0.2, -0.15) is 0 Å². The van der Waals surface area contributed by atoms with Crippen LogP contribution in [0.3, 0.4) is 0 Å². The highest BCUT2D eigenvalue weighted by atomic mass is 16.5. The number of aromatic nitrogens is 1. The molecule has 0 radical (unpaired) electrons. The van der Waals surface area contributed by atoms with Crippen molar-refractivity contribution in [1.82, 2.24) is 15.4 Å². The fourth-order valence-corrected chi connectivity index (χ4v) is 1.82. The standard InChI is InChI=1S/C13H23N3O2/c1-10(9-17-3)16(2)8-13-6-12(15-18-13)7-14-11-4-5-11/h6,10-11,14H,4-5,7-9H2,1-3H3. The Morgan fingerprint density at radius 2 is 2.39 bits per heavy atom. The van der Waals surface area contributed by atoms with Crippen molar-refractivity contribution >= 4 is 0 Å². The van der Waals surface area contributed by atoms with Gasteiger partial charge in [-0.15, -0.1) is 0 Å². The Morgan fingerprint density at radius 1 is 1.61 bits per heavy atom. The Kier molecular flexibility index (Phi) is 4.74. The molecule has 5 heteroatoms. The quantitative estimate of drug-likeness (QED) is 0.759. The minimum absolute atomic E-state index is 0.369. The molecule has 0 amide bonds. The van der Waals surface area contributed by atoms with Gasteiger partial charge in [0.15, 0.2) is 5.76 Å². The number of ether oxygens (including phenoxy) is 1. The van der Waals surface area contributed by atoms with Crippen LogP contribution in [0.25, 0.3) is 0 Å². The zero-order valence-corrected chi connectivity index (χ0v) is 11.5. The Hall–Kier alpha value is -0.910. The van der Waals surface area contributed by atoms with Crippen molar-refractivity contribution < 1.29 is 9.26 Å². The van der Waals surface area contributed by atoms with Gasteiger partial charge in [0.25, 0.3) is 0 Å². The van der Waals surface area contributed by atoms with Gasteiger partial charge in [-0.3, -0.25) is 4.90 Å². The average Bonchev–Trinajstić information content (AvgIpc) is 3.08. The summed E-state index contributed by atoms with van der Waals surface area (Å²) in [5, 5.41) is 7.51. The van der Waals surface area contributed by atoms with Crippen LogP contribution in [0.5, 0.6) is 0 Å². The van der Waals surface area contributed by atoms with E-state index in [9.17, 15) is 0 Å². The summed E-state index contributed by atoms with van der Waals surface area (Å²) >= 11 is 0. The predicted molar refractivity (Wildman–Crippen MR) is 69.2 cm³/mol. The number of hydrogen-bond donors (Lipinski definition) is 1. The summed E-state index contributed by atoms with van der Waals surface area (Å²) in [5.74, 6) is 0.910. The Labute approximate surface area is 108 Å². The van der Waals surface area contributed by atoms with Gasteiger partial charge >= 0.3 is 0 Å². The molecular weight excluding hydrogens is 230 g/mol. The summed E-state index contributed by atoms with van der Waals surface area (Å²) in [6, 6.07) is 3.11. The van der Waals surface area contributed by atoms with Gasteiger partial charge in [0.05, 0.1) is 18.8 Å². The lowest BCUT2D eigenvalue weighted by Crippen LogP contribution is -2.32. The zero-order valence-electron chi connectivity index (χ0n) is 11.5. The molecule has 0 spiro atoms. The topological polar surface area (TPSA) is 50.5 Å². The highest BCUT2D eigenvalue weighted by Crippen LogP contribution is 2.19. The molecule has 18 heavy (non-hydrogen) atoms. The third-order valence-electron chi connectivity index (χ3n) is 3.32. The van der Waals surface area contributed by atoms with Crippen LogP contribution < -0.4 is 5.32 Å². The molecule has 0 aliphatic heterocycles. The van der Waals surface area contributed by atoms with E-state index in [0.717, 1.165) is 31.2 Å². The second-order valence-electron chi connectivity index (χ2n) is 5.16. The van der Waals surface area contributed by atoms with Crippen LogP contribution in [-0.4, -0.2) is 42.9 Å². The normalized spacial score (nSPS) is 17.3. The first-order valence-electron chi connectivity index (χ1n) is 6.56. The molecule has 2 rings (SSSR count). The van der Waals surface area contributed by atoms with Crippen LogP contribution in [0.4, 0.5) is 0 Å². The van der Waals surface area contributed by atoms with E-state index in [2.05, 4.69) is 29.3 Å². The van der Waals surface area contributed by atoms with E-state index in [4.69, 9.17) is 9.26 Å². The summed E-state index contributed by atoms with van der Waals surface area (Å²) in [6.07, 6.45) is 2.59. The highest BCUT2D eigenvalue weighted by Gasteiger charge is 2.20. The lowest BCUT2D eigenvalue weighted by molar-refractivity contribution is 0.106. The fourth-order valence-electron chi connectivity index (χ4n) is 1.82. The number of hydrogen-bond acceptors (Lipinski definition) is 5. The van der Waals surface area contributed by atoms with Gasteiger partial charge < -0.3 is 14.6 Å². The van der Waals surface area contributed by atoms with Crippen LogP contribution >= 0.6 is 0 Å². The first-order valence-corrected chi connectivity index (χ1v) is 6.56. The summed E-state index contributed by atoms with van der Waals surface area (Å²) in [6.45, 7) is 4.43. The monoisotopic (exact) mass is 253 g/mol. The molecular formula is C13H23N3O2. The van der Waals surface area contributed by atoms with E-state index >= 15 is 0 Å². The lowest BCUT2D eigenvalue weighted by Gasteiger charge is -2.22. The first kappa shape index (κ1) is 13.5.